The molecule has 0 bridgehead atoms. The average molecular weight is 368 g/mol. The van der Waals surface area contributed by atoms with Gasteiger partial charge in [0, 0.05) is 31.4 Å². The van der Waals surface area contributed by atoms with E-state index in [9.17, 15) is 9.59 Å². The van der Waals surface area contributed by atoms with Gasteiger partial charge in [0.15, 0.2) is 0 Å². The van der Waals surface area contributed by atoms with E-state index >= 15 is 0 Å². The number of aromatic nitrogens is 3. The molecule has 1 aromatic carbocycles. The summed E-state index contributed by atoms with van der Waals surface area (Å²) in [6.45, 7) is 1.32. The van der Waals surface area contributed by atoms with Crippen molar-refractivity contribution < 1.29 is 4.79 Å². The summed E-state index contributed by atoms with van der Waals surface area (Å²) in [5.74, 6) is 0.826. The van der Waals surface area contributed by atoms with Gasteiger partial charge in [0.05, 0.1) is 11.3 Å². The second-order valence-corrected chi connectivity index (χ2v) is 7.32. The van der Waals surface area contributed by atoms with Crippen molar-refractivity contribution >= 4 is 17.2 Å². The monoisotopic (exact) mass is 368 g/mol. The number of benzene rings is 1. The van der Waals surface area contributed by atoms with Crippen LogP contribution in [0.4, 0.5) is 0 Å². The molecule has 0 aliphatic carbocycles. The first-order valence-corrected chi connectivity index (χ1v) is 9.62. The van der Waals surface area contributed by atoms with Crippen molar-refractivity contribution in [1.29, 1.82) is 0 Å². The molecule has 134 valence electrons. The number of para-hydroxylation sites is 1. The first-order chi connectivity index (χ1) is 12.6. The second kappa shape index (κ2) is 6.92. The van der Waals surface area contributed by atoms with E-state index in [2.05, 4.69) is 5.10 Å². The lowest BCUT2D eigenvalue weighted by molar-refractivity contribution is 0.0704. The maximum atomic E-state index is 12.7. The molecule has 6 nitrogen and oxygen atoms in total. The summed E-state index contributed by atoms with van der Waals surface area (Å²) in [6.07, 6.45) is 1.82. The number of nitrogens with zero attached hydrogens (tertiary/aromatic N) is 4. The second-order valence-electron chi connectivity index (χ2n) is 6.54. The highest BCUT2D eigenvalue weighted by atomic mass is 32.1. The Labute approximate surface area is 155 Å². The zero-order chi connectivity index (χ0) is 18.1. The van der Waals surface area contributed by atoms with Crippen LogP contribution in [0.3, 0.4) is 0 Å². The smallest absolute Gasteiger partial charge is 0.338 e. The van der Waals surface area contributed by atoms with Crippen LogP contribution in [-0.4, -0.2) is 38.2 Å². The SMILES string of the molecule is Cn1nc(C2CCCN(C(=O)c3ccsc3)C2)n(-c2ccccc2)c1=O. The molecular weight excluding hydrogens is 348 g/mol. The van der Waals surface area contributed by atoms with Gasteiger partial charge in [-0.15, -0.1) is 0 Å². The van der Waals surface area contributed by atoms with Crippen molar-refractivity contribution in [1.82, 2.24) is 19.2 Å². The van der Waals surface area contributed by atoms with Crippen LogP contribution in [0.5, 0.6) is 0 Å². The number of piperidine rings is 1. The van der Waals surface area contributed by atoms with Crippen LogP contribution in [0.15, 0.2) is 52.0 Å². The van der Waals surface area contributed by atoms with Gasteiger partial charge in [-0.1, -0.05) is 18.2 Å². The quantitative estimate of drug-likeness (QED) is 0.714. The Kier molecular flexibility index (Phi) is 4.46. The fraction of sp³-hybridized carbons (Fsp3) is 0.316. The van der Waals surface area contributed by atoms with Crippen LogP contribution in [0.25, 0.3) is 5.69 Å². The molecule has 0 radical (unpaired) electrons. The molecule has 4 rings (SSSR count). The number of hydrogen-bond donors (Lipinski definition) is 0. The first kappa shape index (κ1) is 16.8. The molecule has 0 saturated carbocycles. The molecule has 3 aromatic rings. The molecule has 2 aromatic heterocycles. The highest BCUT2D eigenvalue weighted by Gasteiger charge is 2.30. The minimum absolute atomic E-state index is 0.0421. The van der Waals surface area contributed by atoms with Crippen LogP contribution in [0.2, 0.25) is 0 Å². The van der Waals surface area contributed by atoms with Gasteiger partial charge in [0.2, 0.25) is 0 Å². The van der Waals surface area contributed by atoms with Crippen LogP contribution >= 0.6 is 11.3 Å². The van der Waals surface area contributed by atoms with Crippen molar-refractivity contribution in [3.8, 4) is 5.69 Å². The number of aryl methyl sites for hydroxylation is 1. The maximum absolute atomic E-state index is 12.7. The molecule has 3 heterocycles. The number of carbonyl (C=O) groups excluding carboxylic acids is 1. The zero-order valence-corrected chi connectivity index (χ0v) is 15.4. The van der Waals surface area contributed by atoms with E-state index in [1.54, 1.807) is 11.6 Å². The minimum Gasteiger partial charge on any atom is -0.338 e. The van der Waals surface area contributed by atoms with Gasteiger partial charge in [0.25, 0.3) is 5.91 Å². The largest absolute Gasteiger partial charge is 0.350 e. The highest BCUT2D eigenvalue weighted by molar-refractivity contribution is 7.08. The molecule has 1 atom stereocenters. The normalized spacial score (nSPS) is 17.4. The maximum Gasteiger partial charge on any atom is 0.350 e. The summed E-state index contributed by atoms with van der Waals surface area (Å²) in [4.78, 5) is 27.2. The average Bonchev–Trinajstić information content (AvgIpc) is 3.31. The Morgan fingerprint density at radius 1 is 1.23 bits per heavy atom. The minimum atomic E-state index is -0.160. The van der Waals surface area contributed by atoms with Crippen LogP contribution in [-0.2, 0) is 7.05 Å². The van der Waals surface area contributed by atoms with Gasteiger partial charge < -0.3 is 4.90 Å². The van der Waals surface area contributed by atoms with E-state index in [4.69, 9.17) is 0 Å². The van der Waals surface area contributed by atoms with Crippen LogP contribution in [0, 0.1) is 0 Å². The molecule has 1 amide bonds. The van der Waals surface area contributed by atoms with Gasteiger partial charge in [-0.2, -0.15) is 16.4 Å². The van der Waals surface area contributed by atoms with Crippen molar-refractivity contribution in [2.75, 3.05) is 13.1 Å². The van der Waals surface area contributed by atoms with Crippen molar-refractivity contribution in [2.24, 2.45) is 7.05 Å². The number of hydrogen-bond acceptors (Lipinski definition) is 4. The van der Waals surface area contributed by atoms with Gasteiger partial charge in [-0.25, -0.2) is 14.0 Å². The number of likely N-dealkylation sites (tertiary alicyclic amines) is 1. The summed E-state index contributed by atoms with van der Waals surface area (Å²) >= 11 is 1.53. The molecule has 1 unspecified atom stereocenters. The summed E-state index contributed by atoms with van der Waals surface area (Å²) in [5.41, 5.74) is 1.38. The molecule has 1 aliphatic rings. The molecule has 0 N–H and O–H groups in total. The third-order valence-electron chi connectivity index (χ3n) is 4.81. The van der Waals surface area contributed by atoms with Crippen molar-refractivity contribution in [2.45, 2.75) is 18.8 Å². The number of rotatable bonds is 3. The predicted molar refractivity (Wildman–Crippen MR) is 101 cm³/mol. The Bertz CT molecular complexity index is 959. The number of amides is 1. The lowest BCUT2D eigenvalue weighted by atomic mass is 9.96. The van der Waals surface area contributed by atoms with Crippen LogP contribution < -0.4 is 5.69 Å². The molecule has 1 aliphatic heterocycles. The van der Waals surface area contributed by atoms with E-state index in [1.165, 1.54) is 16.0 Å². The Hall–Kier alpha value is -2.67. The standard InChI is InChI=1S/C19H20N4O2S/c1-21-19(25)23(16-7-3-2-4-8-16)17(20-21)14-6-5-10-22(12-14)18(24)15-9-11-26-13-15/h2-4,7-9,11,13-14H,5-6,10,12H2,1H3. The number of thiophene rings is 1. The summed E-state index contributed by atoms with van der Waals surface area (Å²) < 4.78 is 3.05. The van der Waals surface area contributed by atoms with E-state index in [-0.39, 0.29) is 17.5 Å². The lowest BCUT2D eigenvalue weighted by Gasteiger charge is -2.32. The summed E-state index contributed by atoms with van der Waals surface area (Å²) in [7, 11) is 1.67. The topological polar surface area (TPSA) is 60.1 Å². The van der Waals surface area contributed by atoms with Crippen molar-refractivity contribution in [3.05, 3.63) is 69.0 Å². The Balaban J connectivity index is 1.67. The summed E-state index contributed by atoms with van der Waals surface area (Å²) in [6, 6.07) is 11.4. The van der Waals surface area contributed by atoms with E-state index < -0.39 is 0 Å². The van der Waals surface area contributed by atoms with Crippen LogP contribution in [0.1, 0.15) is 34.9 Å². The summed E-state index contributed by atoms with van der Waals surface area (Å²) in [5, 5.41) is 8.30. The van der Waals surface area contributed by atoms with E-state index in [1.807, 2.05) is 52.1 Å². The lowest BCUT2D eigenvalue weighted by Crippen LogP contribution is -2.39. The number of carbonyl (C=O) groups is 1. The van der Waals surface area contributed by atoms with E-state index in [0.29, 0.717) is 6.54 Å². The zero-order valence-electron chi connectivity index (χ0n) is 14.5. The fourth-order valence-corrected chi connectivity index (χ4v) is 4.14. The molecule has 1 saturated heterocycles. The molecule has 1 fully saturated rings. The van der Waals surface area contributed by atoms with Gasteiger partial charge >= 0.3 is 5.69 Å². The Morgan fingerprint density at radius 3 is 2.77 bits per heavy atom. The van der Waals surface area contributed by atoms with E-state index in [0.717, 1.165) is 36.5 Å². The highest BCUT2D eigenvalue weighted by Crippen LogP contribution is 2.27. The van der Waals surface area contributed by atoms with Crippen molar-refractivity contribution in [3.63, 3.8) is 0 Å². The molecule has 26 heavy (non-hydrogen) atoms. The third-order valence-corrected chi connectivity index (χ3v) is 5.49. The first-order valence-electron chi connectivity index (χ1n) is 8.68. The molecule has 7 heteroatoms. The van der Waals surface area contributed by atoms with Gasteiger partial charge in [0.1, 0.15) is 5.82 Å². The molecular formula is C19H20N4O2S. The third kappa shape index (κ3) is 2.99. The fourth-order valence-electron chi connectivity index (χ4n) is 3.51. The van der Waals surface area contributed by atoms with Gasteiger partial charge in [-0.05, 0) is 36.4 Å². The molecule has 0 spiro atoms. The predicted octanol–water partition coefficient (Wildman–Crippen LogP) is 2.65. The van der Waals surface area contributed by atoms with Gasteiger partial charge in [-0.3, -0.25) is 4.79 Å². The Morgan fingerprint density at radius 2 is 2.04 bits per heavy atom.